The number of amides is 1. The monoisotopic (exact) mass is 469 g/mol. The highest BCUT2D eigenvalue weighted by Gasteiger charge is 2.22. The molecule has 1 aliphatic rings. The van der Waals surface area contributed by atoms with Gasteiger partial charge in [-0.15, -0.1) is 0 Å². The number of nitrogens with zero attached hydrogens (tertiary/aromatic N) is 3. The van der Waals surface area contributed by atoms with Gasteiger partial charge in [-0.3, -0.25) is 14.6 Å². The van der Waals surface area contributed by atoms with E-state index in [9.17, 15) is 4.79 Å². The van der Waals surface area contributed by atoms with E-state index >= 15 is 0 Å². The SMILES string of the molecule is COc1ccc(CC(=O)N(CCCN2CCOCC2)c2nc3c(OC)ccc(C)c3s2)cc1. The molecule has 0 bridgehead atoms. The summed E-state index contributed by atoms with van der Waals surface area (Å²) in [5.41, 5.74) is 2.90. The first-order chi connectivity index (χ1) is 16.1. The molecule has 0 N–H and O–H groups in total. The molecule has 1 aliphatic heterocycles. The zero-order chi connectivity index (χ0) is 23.2. The number of ether oxygens (including phenoxy) is 3. The van der Waals surface area contributed by atoms with E-state index in [1.807, 2.05) is 41.3 Å². The van der Waals surface area contributed by atoms with Crippen LogP contribution in [-0.2, 0) is 16.0 Å². The summed E-state index contributed by atoms with van der Waals surface area (Å²) in [5.74, 6) is 1.55. The predicted molar refractivity (Wildman–Crippen MR) is 132 cm³/mol. The summed E-state index contributed by atoms with van der Waals surface area (Å²) in [6, 6.07) is 11.6. The molecule has 0 radical (unpaired) electrons. The van der Waals surface area contributed by atoms with Crippen molar-refractivity contribution in [2.75, 3.05) is 58.5 Å². The van der Waals surface area contributed by atoms with Gasteiger partial charge in [0.15, 0.2) is 5.13 Å². The quantitative estimate of drug-likeness (QED) is 0.473. The highest BCUT2D eigenvalue weighted by atomic mass is 32.1. The number of morpholine rings is 1. The zero-order valence-electron chi connectivity index (χ0n) is 19.5. The Morgan fingerprint density at radius 2 is 1.88 bits per heavy atom. The smallest absolute Gasteiger partial charge is 0.233 e. The van der Waals surface area contributed by atoms with E-state index < -0.39 is 0 Å². The average molecular weight is 470 g/mol. The standard InChI is InChI=1S/C25H31N3O4S/c1-18-5-10-21(31-3)23-24(18)33-25(26-23)28(12-4-11-27-13-15-32-16-14-27)22(29)17-19-6-8-20(30-2)9-7-19/h5-10H,4,11-17H2,1-3H3. The number of hydrogen-bond donors (Lipinski definition) is 0. The van der Waals surface area contributed by atoms with Crippen molar-refractivity contribution in [1.29, 1.82) is 0 Å². The number of benzene rings is 2. The lowest BCUT2D eigenvalue weighted by atomic mass is 10.1. The topological polar surface area (TPSA) is 64.1 Å². The van der Waals surface area contributed by atoms with E-state index in [2.05, 4.69) is 11.8 Å². The Balaban J connectivity index is 1.56. The molecule has 0 atom stereocenters. The Morgan fingerprint density at radius 1 is 1.12 bits per heavy atom. The first-order valence-corrected chi connectivity index (χ1v) is 12.1. The van der Waals surface area contributed by atoms with E-state index in [0.717, 1.165) is 77.2 Å². The number of thiazole rings is 1. The fraction of sp³-hybridized carbons (Fsp3) is 0.440. The molecule has 2 heterocycles. The van der Waals surface area contributed by atoms with Gasteiger partial charge < -0.3 is 14.2 Å². The van der Waals surface area contributed by atoms with E-state index in [1.54, 1.807) is 25.6 Å². The van der Waals surface area contributed by atoms with E-state index in [4.69, 9.17) is 19.2 Å². The summed E-state index contributed by atoms with van der Waals surface area (Å²) in [6.45, 7) is 7.05. The number of carbonyl (C=O) groups is 1. The third kappa shape index (κ3) is 5.63. The Labute approximate surface area is 198 Å². The second-order valence-corrected chi connectivity index (χ2v) is 9.11. The highest BCUT2D eigenvalue weighted by molar-refractivity contribution is 7.22. The van der Waals surface area contributed by atoms with Crippen LogP contribution in [0.15, 0.2) is 36.4 Å². The molecule has 0 spiro atoms. The lowest BCUT2D eigenvalue weighted by Gasteiger charge is -2.27. The lowest BCUT2D eigenvalue weighted by Crippen LogP contribution is -2.39. The predicted octanol–water partition coefficient (Wildman–Crippen LogP) is 3.92. The first-order valence-electron chi connectivity index (χ1n) is 11.3. The van der Waals surface area contributed by atoms with Crippen LogP contribution in [0.25, 0.3) is 10.2 Å². The van der Waals surface area contributed by atoms with Crippen molar-refractivity contribution >= 4 is 32.6 Å². The van der Waals surface area contributed by atoms with Gasteiger partial charge in [-0.25, -0.2) is 4.98 Å². The minimum absolute atomic E-state index is 0.0396. The number of aryl methyl sites for hydroxylation is 1. The first kappa shape index (κ1) is 23.5. The van der Waals surface area contributed by atoms with Crippen LogP contribution < -0.4 is 14.4 Å². The number of hydrogen-bond acceptors (Lipinski definition) is 7. The van der Waals surface area contributed by atoms with Gasteiger partial charge in [-0.1, -0.05) is 29.5 Å². The van der Waals surface area contributed by atoms with Gasteiger partial charge in [-0.05, 0) is 42.7 Å². The van der Waals surface area contributed by atoms with E-state index in [-0.39, 0.29) is 5.91 Å². The van der Waals surface area contributed by atoms with Crippen LogP contribution in [0.4, 0.5) is 5.13 Å². The molecule has 0 saturated carbocycles. The fourth-order valence-electron chi connectivity index (χ4n) is 4.00. The van der Waals surface area contributed by atoms with Crippen LogP contribution in [0.2, 0.25) is 0 Å². The molecule has 0 unspecified atom stereocenters. The molecule has 176 valence electrons. The molecular formula is C25H31N3O4S. The van der Waals surface area contributed by atoms with Gasteiger partial charge in [-0.2, -0.15) is 0 Å². The molecule has 0 aliphatic carbocycles. The van der Waals surface area contributed by atoms with Gasteiger partial charge in [0, 0.05) is 26.2 Å². The van der Waals surface area contributed by atoms with Crippen molar-refractivity contribution in [1.82, 2.24) is 9.88 Å². The van der Waals surface area contributed by atoms with Gasteiger partial charge in [0.05, 0.1) is 38.6 Å². The van der Waals surface area contributed by atoms with Crippen LogP contribution in [-0.4, -0.2) is 69.4 Å². The number of aromatic nitrogens is 1. The Morgan fingerprint density at radius 3 is 2.58 bits per heavy atom. The van der Waals surface area contributed by atoms with E-state index in [1.165, 1.54) is 0 Å². The molecule has 1 amide bonds. The summed E-state index contributed by atoms with van der Waals surface area (Å²) in [5, 5.41) is 0.720. The number of carbonyl (C=O) groups excluding carboxylic acids is 1. The van der Waals surface area contributed by atoms with Crippen molar-refractivity contribution < 1.29 is 19.0 Å². The van der Waals surface area contributed by atoms with Crippen molar-refractivity contribution in [3.05, 3.63) is 47.5 Å². The minimum Gasteiger partial charge on any atom is -0.497 e. The maximum Gasteiger partial charge on any atom is 0.233 e. The van der Waals surface area contributed by atoms with Crippen molar-refractivity contribution in [3.63, 3.8) is 0 Å². The van der Waals surface area contributed by atoms with Gasteiger partial charge >= 0.3 is 0 Å². The Bertz CT molecular complexity index is 1080. The second-order valence-electron chi connectivity index (χ2n) is 8.14. The summed E-state index contributed by atoms with van der Waals surface area (Å²) in [6.07, 6.45) is 1.19. The fourth-order valence-corrected chi connectivity index (χ4v) is 5.09. The maximum absolute atomic E-state index is 13.5. The van der Waals surface area contributed by atoms with Crippen LogP contribution in [0.1, 0.15) is 17.5 Å². The third-order valence-corrected chi connectivity index (χ3v) is 7.13. The molecule has 7 nitrogen and oxygen atoms in total. The van der Waals surface area contributed by atoms with Crippen LogP contribution in [0.3, 0.4) is 0 Å². The Kier molecular flexibility index (Phi) is 7.80. The zero-order valence-corrected chi connectivity index (χ0v) is 20.3. The van der Waals surface area contributed by atoms with Crippen LogP contribution in [0.5, 0.6) is 11.5 Å². The molecule has 1 aromatic heterocycles. The van der Waals surface area contributed by atoms with Gasteiger partial charge in [0.2, 0.25) is 5.91 Å². The average Bonchev–Trinajstić information content (AvgIpc) is 3.29. The van der Waals surface area contributed by atoms with Crippen LogP contribution in [0, 0.1) is 6.92 Å². The molecule has 3 aromatic rings. The molecule has 1 saturated heterocycles. The van der Waals surface area contributed by atoms with Gasteiger partial charge in [0.25, 0.3) is 0 Å². The second kappa shape index (κ2) is 11.0. The molecule has 8 heteroatoms. The normalized spacial score (nSPS) is 14.4. The molecule has 1 fully saturated rings. The number of rotatable bonds is 9. The summed E-state index contributed by atoms with van der Waals surface area (Å²) in [7, 11) is 3.29. The van der Waals surface area contributed by atoms with Crippen LogP contribution >= 0.6 is 11.3 Å². The highest BCUT2D eigenvalue weighted by Crippen LogP contribution is 2.36. The number of methoxy groups -OCH3 is 2. The molecular weight excluding hydrogens is 438 g/mol. The number of anilines is 1. The minimum atomic E-state index is 0.0396. The summed E-state index contributed by atoms with van der Waals surface area (Å²) in [4.78, 5) is 22.5. The van der Waals surface area contributed by atoms with Crippen molar-refractivity contribution in [3.8, 4) is 11.5 Å². The number of fused-ring (bicyclic) bond motifs is 1. The Hall–Kier alpha value is -2.68. The largest absolute Gasteiger partial charge is 0.497 e. The molecule has 4 rings (SSSR count). The summed E-state index contributed by atoms with van der Waals surface area (Å²) < 4.78 is 17.3. The molecule has 2 aromatic carbocycles. The van der Waals surface area contributed by atoms with Crippen molar-refractivity contribution in [2.24, 2.45) is 0 Å². The maximum atomic E-state index is 13.5. The van der Waals surface area contributed by atoms with Crippen molar-refractivity contribution in [2.45, 2.75) is 19.8 Å². The van der Waals surface area contributed by atoms with E-state index in [0.29, 0.717) is 13.0 Å². The van der Waals surface area contributed by atoms with Gasteiger partial charge in [0.1, 0.15) is 17.0 Å². The third-order valence-electron chi connectivity index (χ3n) is 5.92. The lowest BCUT2D eigenvalue weighted by molar-refractivity contribution is -0.118. The summed E-state index contributed by atoms with van der Waals surface area (Å²) >= 11 is 1.55. The molecule has 33 heavy (non-hydrogen) atoms.